The second-order valence-corrected chi connectivity index (χ2v) is 6.50. The van der Waals surface area contributed by atoms with E-state index in [1.807, 2.05) is 0 Å². The Morgan fingerprint density at radius 3 is 2.37 bits per heavy atom. The van der Waals surface area contributed by atoms with Gasteiger partial charge in [-0.25, -0.2) is 0 Å². The molecule has 1 fully saturated rings. The molecule has 0 aliphatic carbocycles. The Morgan fingerprint density at radius 1 is 1.07 bits per heavy atom. The van der Waals surface area contributed by atoms with Gasteiger partial charge in [-0.15, -0.1) is 0 Å². The van der Waals surface area contributed by atoms with Crippen molar-refractivity contribution in [1.82, 2.24) is 0 Å². The van der Waals surface area contributed by atoms with Crippen LogP contribution in [0.2, 0.25) is 0 Å². The maximum Gasteiger partial charge on any atom is 0.312 e. The number of phenols is 2. The van der Waals surface area contributed by atoms with E-state index in [2.05, 4.69) is 0 Å². The molecule has 7 nitrogen and oxygen atoms in total. The highest BCUT2D eigenvalue weighted by Crippen LogP contribution is 2.39. The average Bonchev–Trinajstić information content (AvgIpc) is 3.03. The second-order valence-electron chi connectivity index (χ2n) is 6.50. The molecule has 27 heavy (non-hydrogen) atoms. The van der Waals surface area contributed by atoms with Crippen molar-refractivity contribution in [2.24, 2.45) is 11.8 Å². The van der Waals surface area contributed by atoms with Crippen LogP contribution in [0.15, 0.2) is 36.4 Å². The lowest BCUT2D eigenvalue weighted by Gasteiger charge is -2.22. The third kappa shape index (κ3) is 3.78. The van der Waals surface area contributed by atoms with Gasteiger partial charge in [0.15, 0.2) is 23.0 Å². The SMILES string of the molecule is COc1cc(C[C@H]2COC(=O)C2[C@H](O)c2ccc(O)c(OC)c2)ccc1O. The maximum absolute atomic E-state index is 12.3. The molecule has 1 aliphatic heterocycles. The van der Waals surface area contributed by atoms with Gasteiger partial charge in [0.2, 0.25) is 0 Å². The zero-order valence-electron chi connectivity index (χ0n) is 15.1. The first-order valence-corrected chi connectivity index (χ1v) is 8.52. The molecule has 1 saturated heterocycles. The fraction of sp³-hybridized carbons (Fsp3) is 0.350. The number of aliphatic hydroxyl groups excluding tert-OH is 1. The molecule has 1 heterocycles. The molecule has 1 aliphatic rings. The van der Waals surface area contributed by atoms with E-state index < -0.39 is 18.0 Å². The van der Waals surface area contributed by atoms with Gasteiger partial charge in [-0.1, -0.05) is 12.1 Å². The number of esters is 1. The largest absolute Gasteiger partial charge is 0.504 e. The first-order chi connectivity index (χ1) is 12.9. The van der Waals surface area contributed by atoms with Crippen LogP contribution < -0.4 is 9.47 Å². The van der Waals surface area contributed by atoms with E-state index in [1.54, 1.807) is 18.2 Å². The lowest BCUT2D eigenvalue weighted by atomic mass is 9.83. The Hall–Kier alpha value is -2.93. The number of carbonyl (C=O) groups excluding carboxylic acids is 1. The Labute approximate surface area is 156 Å². The molecule has 0 saturated carbocycles. The van der Waals surface area contributed by atoms with Crippen LogP contribution in [-0.2, 0) is 16.0 Å². The summed E-state index contributed by atoms with van der Waals surface area (Å²) in [5, 5.41) is 30.2. The monoisotopic (exact) mass is 374 g/mol. The molecule has 7 heteroatoms. The van der Waals surface area contributed by atoms with E-state index in [1.165, 1.54) is 32.4 Å². The summed E-state index contributed by atoms with van der Waals surface area (Å²) in [7, 11) is 2.88. The highest BCUT2D eigenvalue weighted by Gasteiger charge is 2.42. The molecule has 2 aromatic rings. The first-order valence-electron chi connectivity index (χ1n) is 8.52. The molecule has 0 radical (unpaired) electrons. The van der Waals surface area contributed by atoms with Gasteiger partial charge in [0.25, 0.3) is 0 Å². The Kier molecular flexibility index (Phi) is 5.41. The van der Waals surface area contributed by atoms with Crippen LogP contribution in [0.5, 0.6) is 23.0 Å². The van der Waals surface area contributed by atoms with Crippen molar-refractivity contribution in [3.8, 4) is 23.0 Å². The smallest absolute Gasteiger partial charge is 0.312 e. The number of aromatic hydroxyl groups is 2. The molecule has 0 aromatic heterocycles. The Bertz CT molecular complexity index is 833. The van der Waals surface area contributed by atoms with E-state index in [0.717, 1.165) is 5.56 Å². The normalized spacial score (nSPS) is 20.2. The minimum Gasteiger partial charge on any atom is -0.504 e. The summed E-state index contributed by atoms with van der Waals surface area (Å²) in [6, 6.07) is 9.44. The molecule has 3 rings (SSSR count). The van der Waals surface area contributed by atoms with Crippen LogP contribution in [0.4, 0.5) is 0 Å². The van der Waals surface area contributed by atoms with Gasteiger partial charge in [-0.2, -0.15) is 0 Å². The molecular formula is C20H22O7. The molecule has 0 spiro atoms. The van der Waals surface area contributed by atoms with Gasteiger partial charge in [-0.05, 0) is 41.8 Å². The predicted octanol–water partition coefficient (Wildman–Crippen LogP) is 2.18. The van der Waals surface area contributed by atoms with Crippen LogP contribution in [0.25, 0.3) is 0 Å². The number of carbonyl (C=O) groups is 1. The number of methoxy groups -OCH3 is 2. The molecule has 144 valence electrons. The van der Waals surface area contributed by atoms with Crippen LogP contribution in [0.3, 0.4) is 0 Å². The first kappa shape index (κ1) is 18.8. The van der Waals surface area contributed by atoms with E-state index in [0.29, 0.717) is 17.7 Å². The summed E-state index contributed by atoms with van der Waals surface area (Å²) in [6.45, 7) is 0.193. The van der Waals surface area contributed by atoms with Crippen LogP contribution in [-0.4, -0.2) is 42.1 Å². The van der Waals surface area contributed by atoms with Gasteiger partial charge in [0, 0.05) is 5.92 Å². The number of ether oxygens (including phenoxy) is 3. The number of phenolic OH excluding ortho intramolecular Hbond substituents is 2. The van der Waals surface area contributed by atoms with Crippen LogP contribution in [0, 0.1) is 11.8 Å². The summed E-state index contributed by atoms with van der Waals surface area (Å²) in [6.07, 6.45) is -0.627. The zero-order valence-corrected chi connectivity index (χ0v) is 15.1. The number of hydrogen-bond acceptors (Lipinski definition) is 7. The van der Waals surface area contributed by atoms with E-state index >= 15 is 0 Å². The maximum atomic E-state index is 12.3. The molecule has 0 amide bonds. The predicted molar refractivity (Wildman–Crippen MR) is 95.9 cm³/mol. The van der Waals surface area contributed by atoms with E-state index in [4.69, 9.17) is 14.2 Å². The summed E-state index contributed by atoms with van der Waals surface area (Å²) in [4.78, 5) is 12.3. The lowest BCUT2D eigenvalue weighted by molar-refractivity contribution is -0.144. The highest BCUT2D eigenvalue weighted by atomic mass is 16.5. The van der Waals surface area contributed by atoms with Crippen molar-refractivity contribution >= 4 is 5.97 Å². The van der Waals surface area contributed by atoms with Crippen molar-refractivity contribution in [3.63, 3.8) is 0 Å². The minimum absolute atomic E-state index is 0.0350. The van der Waals surface area contributed by atoms with Crippen LogP contribution >= 0.6 is 0 Å². The Balaban J connectivity index is 1.83. The number of benzene rings is 2. The quantitative estimate of drug-likeness (QED) is 0.666. The van der Waals surface area contributed by atoms with Crippen LogP contribution in [0.1, 0.15) is 17.2 Å². The third-order valence-electron chi connectivity index (χ3n) is 4.85. The molecular weight excluding hydrogens is 352 g/mol. The van der Waals surface area contributed by atoms with Gasteiger partial charge in [0.1, 0.15) is 0 Å². The summed E-state index contributed by atoms with van der Waals surface area (Å²) in [5.74, 6) is -0.912. The average molecular weight is 374 g/mol. The summed E-state index contributed by atoms with van der Waals surface area (Å²) in [5.41, 5.74) is 1.32. The molecule has 2 aromatic carbocycles. The van der Waals surface area contributed by atoms with Crippen molar-refractivity contribution < 1.29 is 34.3 Å². The summed E-state index contributed by atoms with van der Waals surface area (Å²) >= 11 is 0. The topological polar surface area (TPSA) is 105 Å². The standard InChI is InChI=1S/C20H22O7/c1-25-16-8-11(3-5-14(16)21)7-13-10-27-20(24)18(13)19(23)12-4-6-15(22)17(9-12)26-2/h3-6,8-9,13,18-19,21-23H,7,10H2,1-2H3/t13-,18?,19+/m0/s1. The third-order valence-corrected chi connectivity index (χ3v) is 4.85. The summed E-state index contributed by atoms with van der Waals surface area (Å²) < 4.78 is 15.4. The van der Waals surface area contributed by atoms with E-state index in [-0.39, 0.29) is 29.8 Å². The van der Waals surface area contributed by atoms with Gasteiger partial charge >= 0.3 is 5.97 Å². The molecule has 0 bridgehead atoms. The van der Waals surface area contributed by atoms with Crippen molar-refractivity contribution in [2.75, 3.05) is 20.8 Å². The molecule has 3 atom stereocenters. The fourth-order valence-electron chi connectivity index (χ4n) is 3.39. The molecule has 3 N–H and O–H groups in total. The van der Waals surface area contributed by atoms with Crippen molar-refractivity contribution in [1.29, 1.82) is 0 Å². The molecule has 1 unspecified atom stereocenters. The lowest BCUT2D eigenvalue weighted by Crippen LogP contribution is -2.25. The number of hydrogen-bond donors (Lipinski definition) is 3. The van der Waals surface area contributed by atoms with Gasteiger partial charge in [0.05, 0.1) is 32.8 Å². The number of cyclic esters (lactones) is 1. The minimum atomic E-state index is -1.10. The van der Waals surface area contributed by atoms with Gasteiger partial charge < -0.3 is 29.5 Å². The Morgan fingerprint density at radius 2 is 1.70 bits per heavy atom. The van der Waals surface area contributed by atoms with Crippen molar-refractivity contribution in [3.05, 3.63) is 47.5 Å². The number of rotatable bonds is 6. The zero-order chi connectivity index (χ0) is 19.6. The van der Waals surface area contributed by atoms with Crippen molar-refractivity contribution in [2.45, 2.75) is 12.5 Å². The highest BCUT2D eigenvalue weighted by molar-refractivity contribution is 5.76. The van der Waals surface area contributed by atoms with Gasteiger partial charge in [-0.3, -0.25) is 4.79 Å². The second kappa shape index (κ2) is 7.75. The fourth-order valence-corrected chi connectivity index (χ4v) is 3.39. The van der Waals surface area contributed by atoms with E-state index in [9.17, 15) is 20.1 Å². The number of aliphatic hydroxyl groups is 1.